The molecule has 0 saturated carbocycles. The fraction of sp³-hybridized carbons (Fsp3) is 0.150. The van der Waals surface area contributed by atoms with Crippen LogP contribution in [-0.4, -0.2) is 19.1 Å². The van der Waals surface area contributed by atoms with E-state index in [4.69, 9.17) is 21.9 Å². The lowest BCUT2D eigenvalue weighted by Gasteiger charge is -2.28. The number of hydrogen-bond acceptors (Lipinski definition) is 4. The van der Waals surface area contributed by atoms with Gasteiger partial charge in [-0.3, -0.25) is 9.36 Å². The Morgan fingerprint density at radius 2 is 1.89 bits per heavy atom. The highest BCUT2D eigenvalue weighted by Crippen LogP contribution is 2.64. The van der Waals surface area contributed by atoms with Crippen molar-refractivity contribution < 1.29 is 13.9 Å². The fourth-order valence-corrected chi connectivity index (χ4v) is 6.71. The molecule has 5 nitrogen and oxygen atoms in total. The van der Waals surface area contributed by atoms with E-state index in [1.165, 1.54) is 7.11 Å². The zero-order chi connectivity index (χ0) is 19.2. The number of fused-ring (bicyclic) bond motifs is 2. The molecule has 0 bridgehead atoms. The summed E-state index contributed by atoms with van der Waals surface area (Å²) in [6, 6.07) is 17.5. The van der Waals surface area contributed by atoms with E-state index in [1.807, 2.05) is 36.4 Å². The first-order valence-corrected chi connectivity index (χ1v) is 10.5. The summed E-state index contributed by atoms with van der Waals surface area (Å²) in [6.45, 7) is 0. The molecule has 0 spiro atoms. The van der Waals surface area contributed by atoms with Crippen LogP contribution < -0.4 is 16.4 Å². The molecule has 0 radical (unpaired) electrons. The minimum absolute atomic E-state index is 0.492. The van der Waals surface area contributed by atoms with E-state index in [0.717, 1.165) is 10.8 Å². The van der Waals surface area contributed by atoms with Crippen molar-refractivity contribution in [2.45, 2.75) is 11.7 Å². The van der Waals surface area contributed by atoms with E-state index >= 15 is 0 Å². The van der Waals surface area contributed by atoms with Crippen LogP contribution in [0.2, 0.25) is 5.02 Å². The lowest BCUT2D eigenvalue weighted by atomic mass is 10.1. The largest absolute Gasteiger partial charge is 0.372 e. The van der Waals surface area contributed by atoms with Crippen molar-refractivity contribution in [3.8, 4) is 0 Å². The Bertz CT molecular complexity index is 1100. The van der Waals surface area contributed by atoms with Gasteiger partial charge in [-0.15, -0.1) is 0 Å². The van der Waals surface area contributed by atoms with Gasteiger partial charge >= 0.3 is 0 Å². The second-order valence-electron chi connectivity index (χ2n) is 6.48. The normalized spacial score (nSPS) is 20.7. The van der Waals surface area contributed by atoms with Gasteiger partial charge in [0, 0.05) is 23.1 Å². The van der Waals surface area contributed by atoms with Crippen LogP contribution in [0.4, 0.5) is 5.69 Å². The minimum atomic E-state index is -3.53. The number of amides is 1. The Kier molecular flexibility index (Phi) is 4.47. The van der Waals surface area contributed by atoms with Crippen LogP contribution in [0, 0.1) is 0 Å². The number of hydrogen-bond donors (Lipinski definition) is 2. The summed E-state index contributed by atoms with van der Waals surface area (Å²) in [5, 5.41) is 5.91. The molecule has 3 unspecified atom stereocenters. The van der Waals surface area contributed by atoms with Crippen molar-refractivity contribution >= 4 is 46.6 Å². The number of anilines is 1. The Hall–Kier alpha value is -2.33. The molecule has 3 atom stereocenters. The van der Waals surface area contributed by atoms with Gasteiger partial charge in [0.2, 0.25) is 13.3 Å². The van der Waals surface area contributed by atoms with E-state index in [2.05, 4.69) is 5.32 Å². The second-order valence-corrected chi connectivity index (χ2v) is 9.51. The van der Waals surface area contributed by atoms with Gasteiger partial charge in [0.15, 0.2) is 0 Å². The predicted molar refractivity (Wildman–Crippen MR) is 109 cm³/mol. The lowest BCUT2D eigenvalue weighted by molar-refractivity contribution is -0.118. The van der Waals surface area contributed by atoms with Gasteiger partial charge < -0.3 is 15.6 Å². The Morgan fingerprint density at radius 1 is 1.15 bits per heavy atom. The standard InChI is InChI=1S/C20H18ClN2O3P/c1-26-27(25,17-8-4-6-12-5-2-3-7-14(12)17)19-15-11-13(21)9-10-16(15)23-18(19)20(22)24/h2-11,18-19,23H,1H3,(H2,22,24). The molecule has 0 saturated heterocycles. The molecule has 1 aliphatic heterocycles. The SMILES string of the molecule is COP(=O)(c1cccc2ccccc12)C1c2cc(Cl)ccc2NC1C(N)=O. The highest BCUT2D eigenvalue weighted by Gasteiger charge is 2.49. The number of carbonyl (C=O) groups is 1. The number of nitrogens with one attached hydrogen (secondary N) is 1. The summed E-state index contributed by atoms with van der Waals surface area (Å²) in [5.41, 5.74) is 6.23. The van der Waals surface area contributed by atoms with E-state index in [0.29, 0.717) is 21.6 Å². The summed E-state index contributed by atoms with van der Waals surface area (Å²) in [6.07, 6.45) is 0. The molecule has 0 aliphatic carbocycles. The third-order valence-electron chi connectivity index (χ3n) is 5.01. The lowest BCUT2D eigenvalue weighted by Crippen LogP contribution is -2.37. The molecular weight excluding hydrogens is 383 g/mol. The van der Waals surface area contributed by atoms with Crippen molar-refractivity contribution in [2.24, 2.45) is 5.73 Å². The van der Waals surface area contributed by atoms with Crippen LogP contribution in [-0.2, 0) is 13.9 Å². The van der Waals surface area contributed by atoms with Crippen molar-refractivity contribution in [1.29, 1.82) is 0 Å². The number of nitrogens with two attached hydrogens (primary N) is 1. The molecule has 138 valence electrons. The average molecular weight is 401 g/mol. The maximum Gasteiger partial charge on any atom is 0.242 e. The molecule has 0 aromatic heterocycles. The fourth-order valence-electron chi connectivity index (χ4n) is 3.78. The summed E-state index contributed by atoms with van der Waals surface area (Å²) in [4.78, 5) is 12.2. The molecule has 1 heterocycles. The van der Waals surface area contributed by atoms with E-state index in [-0.39, 0.29) is 0 Å². The van der Waals surface area contributed by atoms with Gasteiger partial charge in [-0.25, -0.2) is 0 Å². The predicted octanol–water partition coefficient (Wildman–Crippen LogP) is 4.06. The third kappa shape index (κ3) is 2.83. The van der Waals surface area contributed by atoms with Gasteiger partial charge in [0.25, 0.3) is 0 Å². The van der Waals surface area contributed by atoms with Crippen LogP contribution >= 0.6 is 19.0 Å². The smallest absolute Gasteiger partial charge is 0.242 e. The summed E-state index contributed by atoms with van der Waals surface area (Å²) in [5.74, 6) is -0.593. The van der Waals surface area contributed by atoms with Crippen molar-refractivity contribution in [1.82, 2.24) is 0 Å². The zero-order valence-corrected chi connectivity index (χ0v) is 16.2. The van der Waals surface area contributed by atoms with Crippen LogP contribution in [0.5, 0.6) is 0 Å². The molecular formula is C20H18ClN2O3P. The zero-order valence-electron chi connectivity index (χ0n) is 14.6. The van der Waals surface area contributed by atoms with E-state index < -0.39 is 25.0 Å². The van der Waals surface area contributed by atoms with Crippen molar-refractivity contribution in [3.05, 3.63) is 71.2 Å². The number of rotatable bonds is 4. The van der Waals surface area contributed by atoms with Gasteiger partial charge in [0.1, 0.15) is 6.04 Å². The molecule has 27 heavy (non-hydrogen) atoms. The van der Waals surface area contributed by atoms with Crippen LogP contribution in [0.1, 0.15) is 11.2 Å². The first-order valence-electron chi connectivity index (χ1n) is 8.45. The quantitative estimate of drug-likeness (QED) is 0.647. The van der Waals surface area contributed by atoms with Gasteiger partial charge in [-0.2, -0.15) is 0 Å². The summed E-state index contributed by atoms with van der Waals surface area (Å²) >= 11 is 6.18. The first kappa shape index (κ1) is 18.1. The minimum Gasteiger partial charge on any atom is -0.372 e. The highest BCUT2D eigenvalue weighted by atomic mass is 35.5. The topological polar surface area (TPSA) is 81.4 Å². The molecule has 0 fully saturated rings. The molecule has 4 rings (SSSR count). The van der Waals surface area contributed by atoms with Crippen LogP contribution in [0.3, 0.4) is 0 Å². The van der Waals surface area contributed by atoms with Gasteiger partial charge in [-0.05, 0) is 40.6 Å². The number of carbonyl (C=O) groups excluding carboxylic acids is 1. The Morgan fingerprint density at radius 3 is 2.63 bits per heavy atom. The number of benzene rings is 3. The highest BCUT2D eigenvalue weighted by molar-refractivity contribution is 7.68. The average Bonchev–Trinajstić information content (AvgIpc) is 3.06. The maximum absolute atomic E-state index is 14.3. The van der Waals surface area contributed by atoms with E-state index in [1.54, 1.807) is 24.3 Å². The van der Waals surface area contributed by atoms with Gasteiger partial charge in [-0.1, -0.05) is 48.0 Å². The first-order chi connectivity index (χ1) is 13.0. The second kappa shape index (κ2) is 6.68. The number of primary amides is 1. The maximum atomic E-state index is 14.3. The third-order valence-corrected chi connectivity index (χ3v) is 8.15. The molecule has 7 heteroatoms. The number of halogens is 1. The summed E-state index contributed by atoms with van der Waals surface area (Å²) < 4.78 is 19.9. The molecule has 3 N–H and O–H groups in total. The van der Waals surface area contributed by atoms with Crippen LogP contribution in [0.15, 0.2) is 60.7 Å². The molecule has 1 amide bonds. The Balaban J connectivity index is 1.99. The molecule has 3 aromatic rings. The van der Waals surface area contributed by atoms with Crippen molar-refractivity contribution in [2.75, 3.05) is 12.4 Å². The molecule has 3 aromatic carbocycles. The van der Waals surface area contributed by atoms with E-state index in [9.17, 15) is 9.36 Å². The molecule has 1 aliphatic rings. The monoisotopic (exact) mass is 400 g/mol. The van der Waals surface area contributed by atoms with Crippen molar-refractivity contribution in [3.63, 3.8) is 0 Å². The van der Waals surface area contributed by atoms with Crippen LogP contribution in [0.25, 0.3) is 10.8 Å². The Labute approximate surface area is 161 Å². The van der Waals surface area contributed by atoms with Gasteiger partial charge in [0.05, 0.1) is 5.66 Å². The summed E-state index contributed by atoms with van der Waals surface area (Å²) in [7, 11) is -2.12.